The van der Waals surface area contributed by atoms with Crippen molar-refractivity contribution in [2.75, 3.05) is 26.7 Å². The highest BCUT2D eigenvalue weighted by atomic mass is 16.2. The zero-order chi connectivity index (χ0) is 9.31. The lowest BCUT2D eigenvalue weighted by Gasteiger charge is -2.30. The van der Waals surface area contributed by atoms with E-state index in [2.05, 4.69) is 11.9 Å². The summed E-state index contributed by atoms with van der Waals surface area (Å²) in [6.07, 6.45) is 6.51. The molecule has 0 bridgehead atoms. The maximum Gasteiger partial charge on any atom is 0.0431 e. The van der Waals surface area contributed by atoms with Gasteiger partial charge in [0.15, 0.2) is 0 Å². The smallest absolute Gasteiger partial charge is 0.0431 e. The average Bonchev–Trinajstić information content (AvgIpc) is 2.74. The van der Waals surface area contributed by atoms with Crippen molar-refractivity contribution >= 4 is 0 Å². The van der Waals surface area contributed by atoms with Crippen LogP contribution in [0.3, 0.4) is 0 Å². The number of hydrogen-bond donors (Lipinski definition) is 1. The van der Waals surface area contributed by atoms with Crippen molar-refractivity contribution in [2.24, 2.45) is 11.3 Å². The maximum absolute atomic E-state index is 8.77. The first kappa shape index (κ1) is 9.47. The van der Waals surface area contributed by atoms with Crippen molar-refractivity contribution < 1.29 is 5.11 Å². The minimum absolute atomic E-state index is 0.377. The fourth-order valence-corrected chi connectivity index (χ4v) is 3.07. The number of aliphatic hydroxyl groups excluding tert-OH is 1. The number of rotatable bonds is 3. The third-order valence-electron chi connectivity index (χ3n) is 3.87. The Hall–Kier alpha value is -0.0800. The van der Waals surface area contributed by atoms with Crippen LogP contribution in [0.2, 0.25) is 0 Å². The van der Waals surface area contributed by atoms with Crippen molar-refractivity contribution in [3.05, 3.63) is 0 Å². The van der Waals surface area contributed by atoms with Gasteiger partial charge in [-0.15, -0.1) is 0 Å². The molecule has 1 aliphatic heterocycles. The van der Waals surface area contributed by atoms with E-state index in [1.807, 2.05) is 0 Å². The number of aliphatic hydroxyl groups is 1. The Morgan fingerprint density at radius 1 is 1.54 bits per heavy atom. The summed E-state index contributed by atoms with van der Waals surface area (Å²) >= 11 is 0. The second-order valence-corrected chi connectivity index (χ2v) is 4.97. The molecule has 1 spiro atoms. The van der Waals surface area contributed by atoms with Crippen molar-refractivity contribution in [2.45, 2.75) is 32.1 Å². The Bertz CT molecular complexity index is 183. The second-order valence-electron chi connectivity index (χ2n) is 4.97. The normalized spacial score (nSPS) is 39.7. The van der Waals surface area contributed by atoms with E-state index in [1.165, 1.54) is 38.8 Å². The first-order chi connectivity index (χ1) is 6.27. The Morgan fingerprint density at radius 2 is 2.38 bits per heavy atom. The molecule has 1 N–H and O–H groups in total. The summed E-state index contributed by atoms with van der Waals surface area (Å²) in [4.78, 5) is 2.47. The molecule has 1 saturated heterocycles. The van der Waals surface area contributed by atoms with Gasteiger partial charge < -0.3 is 10.0 Å². The fraction of sp³-hybridized carbons (Fsp3) is 1.00. The molecule has 76 valence electrons. The van der Waals surface area contributed by atoms with E-state index in [-0.39, 0.29) is 0 Å². The van der Waals surface area contributed by atoms with Crippen LogP contribution in [-0.4, -0.2) is 36.8 Å². The van der Waals surface area contributed by atoms with Crippen LogP contribution < -0.4 is 0 Å². The van der Waals surface area contributed by atoms with Gasteiger partial charge in [-0.05, 0) is 57.0 Å². The van der Waals surface area contributed by atoms with Crippen LogP contribution in [0.5, 0.6) is 0 Å². The molecule has 2 unspecified atom stereocenters. The van der Waals surface area contributed by atoms with Gasteiger partial charge in [0.25, 0.3) is 0 Å². The zero-order valence-corrected chi connectivity index (χ0v) is 8.63. The van der Waals surface area contributed by atoms with Crippen LogP contribution in [0.1, 0.15) is 32.1 Å². The molecule has 2 heteroatoms. The van der Waals surface area contributed by atoms with Gasteiger partial charge in [-0.1, -0.05) is 0 Å². The average molecular weight is 183 g/mol. The van der Waals surface area contributed by atoms with Crippen LogP contribution in [0.4, 0.5) is 0 Å². The van der Waals surface area contributed by atoms with Gasteiger partial charge in [0, 0.05) is 13.2 Å². The fourth-order valence-electron chi connectivity index (χ4n) is 3.07. The lowest BCUT2D eigenvalue weighted by molar-refractivity contribution is 0.176. The molecule has 0 aromatic carbocycles. The number of piperidine rings is 1. The summed E-state index contributed by atoms with van der Waals surface area (Å²) in [5.41, 5.74) is 0.683. The lowest BCUT2D eigenvalue weighted by Crippen LogP contribution is -2.34. The molecule has 0 aromatic heterocycles. The van der Waals surface area contributed by atoms with E-state index < -0.39 is 0 Å². The van der Waals surface area contributed by atoms with E-state index in [9.17, 15) is 0 Å². The highest BCUT2D eigenvalue weighted by molar-refractivity contribution is 5.05. The van der Waals surface area contributed by atoms with Crippen LogP contribution in [0.15, 0.2) is 0 Å². The molecule has 1 aliphatic carbocycles. The number of likely N-dealkylation sites (tertiary alicyclic amines) is 1. The van der Waals surface area contributed by atoms with E-state index >= 15 is 0 Å². The molecule has 1 heterocycles. The van der Waals surface area contributed by atoms with Crippen LogP contribution in [-0.2, 0) is 0 Å². The maximum atomic E-state index is 8.77. The summed E-state index contributed by atoms with van der Waals surface area (Å²) < 4.78 is 0. The van der Waals surface area contributed by atoms with Gasteiger partial charge in [0.2, 0.25) is 0 Å². The van der Waals surface area contributed by atoms with Gasteiger partial charge in [0.05, 0.1) is 0 Å². The molecule has 2 atom stereocenters. The van der Waals surface area contributed by atoms with Crippen molar-refractivity contribution in [1.29, 1.82) is 0 Å². The van der Waals surface area contributed by atoms with E-state index in [0.29, 0.717) is 12.0 Å². The predicted molar refractivity (Wildman–Crippen MR) is 53.6 cm³/mol. The minimum Gasteiger partial charge on any atom is -0.396 e. The topological polar surface area (TPSA) is 23.5 Å². The molecule has 2 rings (SSSR count). The molecule has 2 aliphatic rings. The quantitative estimate of drug-likeness (QED) is 0.716. The molecule has 1 saturated carbocycles. The summed E-state index contributed by atoms with van der Waals surface area (Å²) in [5, 5.41) is 8.77. The molecular weight excluding hydrogens is 162 g/mol. The molecule has 0 radical (unpaired) electrons. The third kappa shape index (κ3) is 1.89. The molecular formula is C11H21NO. The van der Waals surface area contributed by atoms with Gasteiger partial charge in [-0.25, -0.2) is 0 Å². The van der Waals surface area contributed by atoms with E-state index in [4.69, 9.17) is 5.11 Å². The molecule has 13 heavy (non-hydrogen) atoms. The third-order valence-corrected chi connectivity index (χ3v) is 3.87. The van der Waals surface area contributed by atoms with Gasteiger partial charge >= 0.3 is 0 Å². The van der Waals surface area contributed by atoms with Crippen LogP contribution in [0, 0.1) is 11.3 Å². The molecule has 0 amide bonds. The molecule has 0 aromatic rings. The lowest BCUT2D eigenvalue weighted by atomic mass is 9.91. The van der Waals surface area contributed by atoms with Crippen molar-refractivity contribution in [3.63, 3.8) is 0 Å². The Morgan fingerprint density at radius 3 is 3.08 bits per heavy atom. The number of nitrogens with zero attached hydrogens (tertiary/aromatic N) is 1. The Balaban J connectivity index is 1.80. The first-order valence-electron chi connectivity index (χ1n) is 5.56. The predicted octanol–water partition coefficient (Wildman–Crippen LogP) is 1.49. The van der Waals surface area contributed by atoms with Gasteiger partial charge in [-0.2, -0.15) is 0 Å². The molecule has 2 nitrogen and oxygen atoms in total. The summed E-state index contributed by atoms with van der Waals surface area (Å²) in [6.45, 7) is 2.97. The molecule has 2 fully saturated rings. The standard InChI is InChI=1S/C11H21NO/c1-12-6-3-5-11(9-12)8-10(11)4-2-7-13/h10,13H,2-9H2,1H3. The highest BCUT2D eigenvalue weighted by Gasteiger charge is 2.53. The van der Waals surface area contributed by atoms with Crippen molar-refractivity contribution in [1.82, 2.24) is 4.90 Å². The van der Waals surface area contributed by atoms with E-state index in [1.54, 1.807) is 0 Å². The first-order valence-corrected chi connectivity index (χ1v) is 5.56. The summed E-state index contributed by atoms with van der Waals surface area (Å²) in [7, 11) is 2.24. The highest BCUT2D eigenvalue weighted by Crippen LogP contribution is 2.59. The van der Waals surface area contributed by atoms with E-state index in [0.717, 1.165) is 12.3 Å². The Labute approximate surface area is 80.9 Å². The van der Waals surface area contributed by atoms with Crippen LogP contribution in [0.25, 0.3) is 0 Å². The second kappa shape index (κ2) is 3.58. The zero-order valence-electron chi connectivity index (χ0n) is 8.63. The minimum atomic E-state index is 0.377. The Kier molecular flexibility index (Phi) is 2.61. The van der Waals surface area contributed by atoms with Gasteiger partial charge in [-0.3, -0.25) is 0 Å². The summed E-state index contributed by atoms with van der Waals surface area (Å²) in [6, 6.07) is 0. The van der Waals surface area contributed by atoms with Crippen LogP contribution >= 0.6 is 0 Å². The number of hydrogen-bond acceptors (Lipinski definition) is 2. The summed E-state index contributed by atoms with van der Waals surface area (Å²) in [5.74, 6) is 0.933. The van der Waals surface area contributed by atoms with Crippen molar-refractivity contribution in [3.8, 4) is 0 Å². The monoisotopic (exact) mass is 183 g/mol. The van der Waals surface area contributed by atoms with Gasteiger partial charge in [0.1, 0.15) is 0 Å². The largest absolute Gasteiger partial charge is 0.396 e. The SMILES string of the molecule is CN1CCCC2(CC2CCCO)C1.